The Hall–Kier alpha value is -0.730. The molecule has 0 unspecified atom stereocenters. The van der Waals surface area contributed by atoms with Gasteiger partial charge in [0.15, 0.2) is 0 Å². The molecule has 0 fully saturated rings. The summed E-state index contributed by atoms with van der Waals surface area (Å²) in [5, 5.41) is 3.82. The molecule has 0 bridgehead atoms. The fraction of sp³-hybridized carbons (Fsp3) is 0.222. The van der Waals surface area contributed by atoms with Gasteiger partial charge in [0.2, 0.25) is 0 Å². The number of anilines is 1. The first kappa shape index (κ1) is 10.4. The van der Waals surface area contributed by atoms with E-state index in [0.717, 1.165) is 0 Å². The zero-order chi connectivity index (χ0) is 9.84. The summed E-state index contributed by atoms with van der Waals surface area (Å²) in [7, 11) is 0. The molecule has 13 heavy (non-hydrogen) atoms. The van der Waals surface area contributed by atoms with Crippen LogP contribution in [-0.4, -0.2) is 12.3 Å². The van der Waals surface area contributed by atoms with Crippen LogP contribution in [0.5, 0.6) is 0 Å². The molecule has 0 saturated heterocycles. The minimum Gasteiger partial charge on any atom is -0.377 e. The van der Waals surface area contributed by atoms with Gasteiger partial charge in [0.25, 0.3) is 0 Å². The van der Waals surface area contributed by atoms with Crippen LogP contribution in [0.3, 0.4) is 0 Å². The molecule has 0 radical (unpaired) electrons. The first-order valence-corrected chi connectivity index (χ1v) is 4.54. The Morgan fingerprint density at radius 2 is 2.15 bits per heavy atom. The molecule has 0 aromatic heterocycles. The van der Waals surface area contributed by atoms with Gasteiger partial charge in [-0.2, -0.15) is 0 Å². The maximum atomic E-state index is 10.7. The summed E-state index contributed by atoms with van der Waals surface area (Å²) < 4.78 is 0. The van der Waals surface area contributed by atoms with E-state index in [9.17, 15) is 4.79 Å². The Balaban J connectivity index is 2.77. The molecule has 0 spiro atoms. The molecule has 1 aromatic rings. The number of halogens is 2. The van der Waals surface area contributed by atoms with Gasteiger partial charge in [-0.3, -0.25) is 4.79 Å². The molecule has 0 aliphatic heterocycles. The van der Waals surface area contributed by atoms with Crippen LogP contribution in [0, 0.1) is 0 Å². The van der Waals surface area contributed by atoms with Gasteiger partial charge >= 0.3 is 0 Å². The monoisotopic (exact) mass is 217 g/mol. The first-order chi connectivity index (χ1) is 6.11. The zero-order valence-corrected chi connectivity index (χ0v) is 8.62. The number of Topliss-reactive ketones (excluding diaryl/α,β-unsaturated/α-hetero) is 1. The average molecular weight is 218 g/mol. The lowest BCUT2D eigenvalue weighted by molar-refractivity contribution is -0.115. The predicted octanol–water partition coefficient (Wildman–Crippen LogP) is 2.99. The molecule has 1 aromatic carbocycles. The number of carbonyl (C=O) groups is 1. The summed E-state index contributed by atoms with van der Waals surface area (Å²) in [6, 6.07) is 5.25. The highest BCUT2D eigenvalue weighted by molar-refractivity contribution is 6.43. The first-order valence-electron chi connectivity index (χ1n) is 3.78. The molecule has 0 aliphatic carbocycles. The lowest BCUT2D eigenvalue weighted by Crippen LogP contribution is -2.09. The molecule has 0 heterocycles. The number of nitrogens with one attached hydrogen (secondary N) is 1. The summed E-state index contributed by atoms with van der Waals surface area (Å²) in [5.41, 5.74) is 0.685. The van der Waals surface area contributed by atoms with Gasteiger partial charge in [-0.1, -0.05) is 29.3 Å². The van der Waals surface area contributed by atoms with E-state index < -0.39 is 0 Å². The van der Waals surface area contributed by atoms with E-state index in [1.165, 1.54) is 6.92 Å². The Labute approximate surface area is 86.8 Å². The summed E-state index contributed by atoms with van der Waals surface area (Å²) in [4.78, 5) is 10.7. The molecule has 1 rings (SSSR count). The average Bonchev–Trinajstić information content (AvgIpc) is 2.07. The van der Waals surface area contributed by atoms with E-state index in [-0.39, 0.29) is 12.3 Å². The topological polar surface area (TPSA) is 29.1 Å². The predicted molar refractivity (Wildman–Crippen MR) is 55.6 cm³/mol. The SMILES string of the molecule is CC(=O)CNc1cccc(Cl)c1Cl. The fourth-order valence-corrected chi connectivity index (χ4v) is 1.23. The van der Waals surface area contributed by atoms with Crippen LogP contribution < -0.4 is 5.32 Å². The van der Waals surface area contributed by atoms with Crippen LogP contribution in [0.4, 0.5) is 5.69 Å². The largest absolute Gasteiger partial charge is 0.377 e. The van der Waals surface area contributed by atoms with E-state index in [1.807, 2.05) is 0 Å². The number of hydrogen-bond donors (Lipinski definition) is 1. The van der Waals surface area contributed by atoms with Gasteiger partial charge in [0.1, 0.15) is 5.78 Å². The van der Waals surface area contributed by atoms with Crippen LogP contribution >= 0.6 is 23.2 Å². The van der Waals surface area contributed by atoms with Crippen molar-refractivity contribution < 1.29 is 4.79 Å². The zero-order valence-electron chi connectivity index (χ0n) is 7.10. The Morgan fingerprint density at radius 1 is 1.46 bits per heavy atom. The highest BCUT2D eigenvalue weighted by Crippen LogP contribution is 2.29. The van der Waals surface area contributed by atoms with Crippen molar-refractivity contribution in [2.75, 3.05) is 11.9 Å². The molecule has 0 amide bonds. The Morgan fingerprint density at radius 3 is 2.77 bits per heavy atom. The van der Waals surface area contributed by atoms with E-state index in [0.29, 0.717) is 15.7 Å². The van der Waals surface area contributed by atoms with E-state index in [1.54, 1.807) is 18.2 Å². The molecular weight excluding hydrogens is 209 g/mol. The standard InChI is InChI=1S/C9H9Cl2NO/c1-6(13)5-12-8-4-2-3-7(10)9(8)11/h2-4,12H,5H2,1H3. The summed E-state index contributed by atoms with van der Waals surface area (Å²) >= 11 is 11.6. The minimum atomic E-state index is 0.0519. The van der Waals surface area contributed by atoms with Crippen molar-refractivity contribution in [3.8, 4) is 0 Å². The molecule has 1 N–H and O–H groups in total. The second-order valence-corrected chi connectivity index (χ2v) is 3.44. The van der Waals surface area contributed by atoms with Crippen molar-refractivity contribution in [3.05, 3.63) is 28.2 Å². The van der Waals surface area contributed by atoms with E-state index in [2.05, 4.69) is 5.32 Å². The van der Waals surface area contributed by atoms with Crippen LogP contribution in [0.15, 0.2) is 18.2 Å². The fourth-order valence-electron chi connectivity index (χ4n) is 0.860. The lowest BCUT2D eigenvalue weighted by Gasteiger charge is -2.06. The van der Waals surface area contributed by atoms with Crippen LogP contribution in [0.2, 0.25) is 10.0 Å². The number of rotatable bonds is 3. The molecule has 0 saturated carbocycles. The molecule has 4 heteroatoms. The van der Waals surface area contributed by atoms with Gasteiger partial charge in [-0.05, 0) is 19.1 Å². The van der Waals surface area contributed by atoms with Crippen LogP contribution in [0.1, 0.15) is 6.92 Å². The number of hydrogen-bond acceptors (Lipinski definition) is 2. The van der Waals surface area contributed by atoms with E-state index in [4.69, 9.17) is 23.2 Å². The molecule has 70 valence electrons. The molecule has 0 aliphatic rings. The maximum absolute atomic E-state index is 10.7. The summed E-state index contributed by atoms with van der Waals surface area (Å²) in [5.74, 6) is 0.0519. The van der Waals surface area contributed by atoms with Crippen molar-refractivity contribution in [1.29, 1.82) is 0 Å². The van der Waals surface area contributed by atoms with Crippen LogP contribution in [-0.2, 0) is 4.79 Å². The van der Waals surface area contributed by atoms with E-state index >= 15 is 0 Å². The number of ketones is 1. The highest BCUT2D eigenvalue weighted by atomic mass is 35.5. The van der Waals surface area contributed by atoms with Gasteiger partial charge in [-0.15, -0.1) is 0 Å². The third-order valence-electron chi connectivity index (χ3n) is 1.48. The minimum absolute atomic E-state index is 0.0519. The lowest BCUT2D eigenvalue weighted by atomic mass is 10.3. The van der Waals surface area contributed by atoms with Gasteiger partial charge in [-0.25, -0.2) is 0 Å². The maximum Gasteiger partial charge on any atom is 0.148 e. The van der Waals surface area contributed by atoms with Crippen molar-refractivity contribution in [2.24, 2.45) is 0 Å². The highest BCUT2D eigenvalue weighted by Gasteiger charge is 2.03. The van der Waals surface area contributed by atoms with Crippen molar-refractivity contribution in [2.45, 2.75) is 6.92 Å². The van der Waals surface area contributed by atoms with Crippen LogP contribution in [0.25, 0.3) is 0 Å². The third-order valence-corrected chi connectivity index (χ3v) is 2.30. The summed E-state index contributed by atoms with van der Waals surface area (Å²) in [6.45, 7) is 1.77. The Kier molecular flexibility index (Phi) is 3.58. The number of benzene rings is 1. The Bertz CT molecular complexity index is 325. The van der Waals surface area contributed by atoms with Crippen molar-refractivity contribution >= 4 is 34.7 Å². The molecule has 0 atom stereocenters. The second kappa shape index (κ2) is 4.49. The molecule has 2 nitrogen and oxygen atoms in total. The normalized spacial score (nSPS) is 9.77. The second-order valence-electron chi connectivity index (χ2n) is 2.66. The van der Waals surface area contributed by atoms with Gasteiger partial charge < -0.3 is 5.32 Å². The van der Waals surface area contributed by atoms with Gasteiger partial charge in [0, 0.05) is 0 Å². The smallest absolute Gasteiger partial charge is 0.148 e. The summed E-state index contributed by atoms with van der Waals surface area (Å²) in [6.07, 6.45) is 0. The third kappa shape index (κ3) is 2.90. The van der Waals surface area contributed by atoms with Crippen molar-refractivity contribution in [1.82, 2.24) is 0 Å². The quantitative estimate of drug-likeness (QED) is 0.844. The number of carbonyl (C=O) groups excluding carboxylic acids is 1. The molecular formula is C9H9Cl2NO. The van der Waals surface area contributed by atoms with Crippen molar-refractivity contribution in [3.63, 3.8) is 0 Å². The van der Waals surface area contributed by atoms with Gasteiger partial charge in [0.05, 0.1) is 22.3 Å².